The van der Waals surface area contributed by atoms with E-state index in [1.165, 1.54) is 6.42 Å². The van der Waals surface area contributed by atoms with Crippen molar-refractivity contribution in [1.82, 2.24) is 25.2 Å². The molecule has 0 aliphatic carbocycles. The van der Waals surface area contributed by atoms with Crippen molar-refractivity contribution in [1.29, 1.82) is 0 Å². The first-order chi connectivity index (χ1) is 9.06. The molecule has 1 aromatic rings. The van der Waals surface area contributed by atoms with E-state index >= 15 is 0 Å². The summed E-state index contributed by atoms with van der Waals surface area (Å²) < 4.78 is 1.95. The van der Waals surface area contributed by atoms with Crippen molar-refractivity contribution in [2.75, 3.05) is 13.1 Å². The summed E-state index contributed by atoms with van der Waals surface area (Å²) >= 11 is 0. The van der Waals surface area contributed by atoms with Gasteiger partial charge in [-0.1, -0.05) is 32.9 Å². The Morgan fingerprint density at radius 2 is 2.05 bits per heavy atom. The van der Waals surface area contributed by atoms with Crippen LogP contribution in [0.4, 0.5) is 0 Å². The van der Waals surface area contributed by atoms with Crippen LogP contribution < -0.4 is 5.32 Å². The zero-order chi connectivity index (χ0) is 14.3. The van der Waals surface area contributed by atoms with Gasteiger partial charge in [0.25, 0.3) is 0 Å². The number of nitrogens with zero attached hydrogens (tertiary/aromatic N) is 4. The molecule has 0 amide bonds. The number of likely N-dealkylation sites (N-methyl/N-ethyl adjacent to an activating group) is 1. The van der Waals surface area contributed by atoms with Crippen molar-refractivity contribution in [2.45, 2.75) is 66.2 Å². The lowest BCUT2D eigenvalue weighted by Crippen LogP contribution is -2.35. The van der Waals surface area contributed by atoms with E-state index in [1.54, 1.807) is 0 Å². The van der Waals surface area contributed by atoms with E-state index in [4.69, 9.17) is 0 Å². The molecule has 110 valence electrons. The van der Waals surface area contributed by atoms with E-state index < -0.39 is 0 Å². The Kier molecular flexibility index (Phi) is 7.02. The van der Waals surface area contributed by atoms with Gasteiger partial charge in [0.15, 0.2) is 0 Å². The molecular weight excluding hydrogens is 238 g/mol. The molecule has 0 saturated carbocycles. The lowest BCUT2D eigenvalue weighted by atomic mass is 10.2. The number of nitrogens with one attached hydrogen (secondary N) is 1. The highest BCUT2D eigenvalue weighted by Crippen LogP contribution is 2.03. The van der Waals surface area contributed by atoms with Gasteiger partial charge in [0.05, 0.1) is 12.2 Å². The second-order valence-electron chi connectivity index (χ2n) is 5.39. The third-order valence-corrected chi connectivity index (χ3v) is 3.51. The van der Waals surface area contributed by atoms with Crippen LogP contribution in [0.1, 0.15) is 46.7 Å². The Hall–Kier alpha value is -0.940. The van der Waals surface area contributed by atoms with Gasteiger partial charge in [0.2, 0.25) is 0 Å². The molecule has 1 N–H and O–H groups in total. The van der Waals surface area contributed by atoms with Crippen LogP contribution in [0.25, 0.3) is 0 Å². The second kappa shape index (κ2) is 8.27. The predicted octanol–water partition coefficient (Wildman–Crippen LogP) is 1.90. The minimum atomic E-state index is 0.478. The van der Waals surface area contributed by atoms with Gasteiger partial charge in [0.1, 0.15) is 0 Å². The minimum Gasteiger partial charge on any atom is -0.309 e. The highest BCUT2D eigenvalue weighted by molar-refractivity contribution is 4.91. The molecule has 5 nitrogen and oxygen atoms in total. The van der Waals surface area contributed by atoms with Crippen LogP contribution in [0, 0.1) is 0 Å². The average Bonchev–Trinajstić information content (AvgIpc) is 2.84. The van der Waals surface area contributed by atoms with Crippen molar-refractivity contribution >= 4 is 0 Å². The van der Waals surface area contributed by atoms with Crippen LogP contribution >= 0.6 is 0 Å². The normalized spacial score (nSPS) is 13.4. The lowest BCUT2D eigenvalue weighted by molar-refractivity contribution is 0.203. The zero-order valence-corrected chi connectivity index (χ0v) is 13.1. The summed E-state index contributed by atoms with van der Waals surface area (Å²) in [5, 5.41) is 11.7. The van der Waals surface area contributed by atoms with Crippen LogP contribution in [-0.2, 0) is 13.1 Å². The molecule has 0 spiro atoms. The molecular formula is C14H29N5. The van der Waals surface area contributed by atoms with E-state index in [2.05, 4.69) is 55.1 Å². The molecule has 1 aromatic heterocycles. The summed E-state index contributed by atoms with van der Waals surface area (Å²) in [6.45, 7) is 14.8. The van der Waals surface area contributed by atoms with Gasteiger partial charge in [-0.25, -0.2) is 0 Å². The maximum absolute atomic E-state index is 4.19. The molecule has 19 heavy (non-hydrogen) atoms. The number of rotatable bonds is 9. The van der Waals surface area contributed by atoms with Crippen LogP contribution in [0.2, 0.25) is 0 Å². The van der Waals surface area contributed by atoms with Crippen molar-refractivity contribution in [3.8, 4) is 0 Å². The van der Waals surface area contributed by atoms with Crippen LogP contribution in [-0.4, -0.2) is 45.1 Å². The van der Waals surface area contributed by atoms with Gasteiger partial charge in [-0.05, 0) is 19.9 Å². The first kappa shape index (κ1) is 16.1. The van der Waals surface area contributed by atoms with E-state index in [1.807, 2.05) is 10.9 Å². The van der Waals surface area contributed by atoms with Crippen molar-refractivity contribution in [3.05, 3.63) is 11.9 Å². The van der Waals surface area contributed by atoms with Crippen LogP contribution in [0.3, 0.4) is 0 Å². The fourth-order valence-corrected chi connectivity index (χ4v) is 2.02. The summed E-state index contributed by atoms with van der Waals surface area (Å²) in [4.78, 5) is 2.48. The summed E-state index contributed by atoms with van der Waals surface area (Å²) in [6, 6.07) is 1.11. The maximum Gasteiger partial charge on any atom is 0.0964 e. The number of hydrogen-bond acceptors (Lipinski definition) is 4. The monoisotopic (exact) mass is 267 g/mol. The maximum atomic E-state index is 4.19. The largest absolute Gasteiger partial charge is 0.309 e. The van der Waals surface area contributed by atoms with E-state index in [-0.39, 0.29) is 0 Å². The van der Waals surface area contributed by atoms with Crippen molar-refractivity contribution in [3.63, 3.8) is 0 Å². The molecule has 1 heterocycles. The van der Waals surface area contributed by atoms with Gasteiger partial charge in [0, 0.05) is 31.4 Å². The van der Waals surface area contributed by atoms with Gasteiger partial charge in [-0.2, -0.15) is 0 Å². The van der Waals surface area contributed by atoms with E-state index in [0.717, 1.165) is 31.9 Å². The van der Waals surface area contributed by atoms with Crippen molar-refractivity contribution in [2.24, 2.45) is 0 Å². The third kappa shape index (κ3) is 5.70. The fraction of sp³-hybridized carbons (Fsp3) is 0.857. The summed E-state index contributed by atoms with van der Waals surface area (Å²) in [5.74, 6) is 0. The molecule has 5 heteroatoms. The Morgan fingerprint density at radius 3 is 2.63 bits per heavy atom. The molecule has 0 aliphatic rings. The number of aromatic nitrogens is 3. The second-order valence-corrected chi connectivity index (χ2v) is 5.39. The molecule has 1 rings (SSSR count). The van der Waals surface area contributed by atoms with Gasteiger partial charge < -0.3 is 5.32 Å². The Labute approximate surface area is 117 Å². The highest BCUT2D eigenvalue weighted by atomic mass is 15.4. The Balaban J connectivity index is 2.40. The molecule has 1 atom stereocenters. The van der Waals surface area contributed by atoms with E-state index in [9.17, 15) is 0 Å². The minimum absolute atomic E-state index is 0.478. The molecule has 0 aromatic carbocycles. The lowest BCUT2D eigenvalue weighted by Gasteiger charge is -2.26. The first-order valence-electron chi connectivity index (χ1n) is 7.43. The first-order valence-corrected chi connectivity index (χ1v) is 7.43. The summed E-state index contributed by atoms with van der Waals surface area (Å²) in [5.41, 5.74) is 1.01. The Morgan fingerprint density at radius 1 is 1.32 bits per heavy atom. The third-order valence-electron chi connectivity index (χ3n) is 3.51. The molecule has 0 radical (unpaired) electrons. The molecule has 0 bridgehead atoms. The quantitative estimate of drug-likeness (QED) is 0.742. The molecule has 1 unspecified atom stereocenters. The molecule has 0 aliphatic heterocycles. The molecule has 0 fully saturated rings. The standard InChI is InChI=1S/C14H29N5/c1-6-13(5)18(7-2)8-9-19-11-14(16-17-19)10-15-12(3)4/h11-13,15H,6-10H2,1-5H3. The summed E-state index contributed by atoms with van der Waals surface area (Å²) in [7, 11) is 0. The smallest absolute Gasteiger partial charge is 0.0964 e. The van der Waals surface area contributed by atoms with E-state index in [0.29, 0.717) is 12.1 Å². The zero-order valence-electron chi connectivity index (χ0n) is 13.1. The summed E-state index contributed by atoms with van der Waals surface area (Å²) in [6.07, 6.45) is 3.23. The van der Waals surface area contributed by atoms with Gasteiger partial charge in [-0.3, -0.25) is 9.58 Å². The average molecular weight is 267 g/mol. The topological polar surface area (TPSA) is 46.0 Å². The number of hydrogen-bond donors (Lipinski definition) is 1. The van der Waals surface area contributed by atoms with Gasteiger partial charge >= 0.3 is 0 Å². The Bertz CT molecular complexity index is 347. The van der Waals surface area contributed by atoms with Crippen molar-refractivity contribution < 1.29 is 0 Å². The SMILES string of the molecule is CCC(C)N(CC)CCn1cc(CNC(C)C)nn1. The van der Waals surface area contributed by atoms with Crippen LogP contribution in [0.15, 0.2) is 6.20 Å². The highest BCUT2D eigenvalue weighted by Gasteiger charge is 2.10. The van der Waals surface area contributed by atoms with Crippen LogP contribution in [0.5, 0.6) is 0 Å². The predicted molar refractivity (Wildman–Crippen MR) is 79.0 cm³/mol. The van der Waals surface area contributed by atoms with Gasteiger partial charge in [-0.15, -0.1) is 5.10 Å². The fourth-order valence-electron chi connectivity index (χ4n) is 2.02. The molecule has 0 saturated heterocycles.